The van der Waals surface area contributed by atoms with Crippen LogP contribution in [0.2, 0.25) is 0 Å². The van der Waals surface area contributed by atoms with Gasteiger partial charge in [0.1, 0.15) is 0 Å². The van der Waals surface area contributed by atoms with Gasteiger partial charge in [0.25, 0.3) is 0 Å². The van der Waals surface area contributed by atoms with Crippen molar-refractivity contribution >= 4 is 5.87 Å². The zero-order valence-electron chi connectivity index (χ0n) is 2.74. The fraction of sp³-hybridized carbons (Fsp3) is 0. The summed E-state index contributed by atoms with van der Waals surface area (Å²) in [7, 11) is 0. The smallest absolute Gasteiger partial charge is 0.00353 e. The topological polar surface area (TPSA) is 22.3 Å². The SMILES string of the molecule is C=C=[N].[Br-].[Zn]. The van der Waals surface area contributed by atoms with Crippen LogP contribution in [0.3, 0.4) is 0 Å². The van der Waals surface area contributed by atoms with E-state index in [0.717, 1.165) is 0 Å². The fourth-order valence-electron chi connectivity index (χ4n) is 0. The minimum Gasteiger partial charge on any atom is -1.00 e. The second kappa shape index (κ2) is 23.8. The Bertz CT molecular complexity index is 30.6. The van der Waals surface area contributed by atoms with Gasteiger partial charge in [0.05, 0.1) is 0 Å². The van der Waals surface area contributed by atoms with Crippen molar-refractivity contribution in [2.24, 2.45) is 0 Å². The van der Waals surface area contributed by atoms with Crippen LogP contribution in [0.1, 0.15) is 0 Å². The van der Waals surface area contributed by atoms with Crippen molar-refractivity contribution < 1.29 is 36.5 Å². The Hall–Kier alpha value is 0.553. The molecule has 0 bridgehead atoms. The van der Waals surface area contributed by atoms with E-state index in [9.17, 15) is 0 Å². The number of hydrogen-bond acceptors (Lipinski definition) is 0. The quantitative estimate of drug-likeness (QED) is 0.278. The van der Waals surface area contributed by atoms with E-state index in [-0.39, 0.29) is 36.5 Å². The van der Waals surface area contributed by atoms with Crippen molar-refractivity contribution in [2.75, 3.05) is 0 Å². The minimum absolute atomic E-state index is 0. The largest absolute Gasteiger partial charge is 1.00 e. The maximum atomic E-state index is 7.21. The van der Waals surface area contributed by atoms with E-state index in [1.165, 1.54) is 5.87 Å². The summed E-state index contributed by atoms with van der Waals surface area (Å²) in [4.78, 5) is 0. The Labute approximate surface area is 54.5 Å². The first-order valence-corrected chi connectivity index (χ1v) is 0.577. The third kappa shape index (κ3) is 96.9. The summed E-state index contributed by atoms with van der Waals surface area (Å²) < 4.78 is 0. The zero-order chi connectivity index (χ0) is 2.71. The van der Waals surface area contributed by atoms with Crippen LogP contribution in [0.25, 0.3) is 0 Å². The van der Waals surface area contributed by atoms with Crippen LogP contribution in [0.4, 0.5) is 0 Å². The Morgan fingerprint density at radius 2 is 1.60 bits per heavy atom. The number of nitrogens with zero attached hydrogens (tertiary/aromatic N) is 1. The molecule has 0 N–H and O–H groups in total. The van der Waals surface area contributed by atoms with E-state index in [0.29, 0.717) is 0 Å². The van der Waals surface area contributed by atoms with E-state index in [4.69, 9.17) is 5.41 Å². The molecule has 3 heteroatoms. The first kappa shape index (κ1) is 17.7. The van der Waals surface area contributed by atoms with Gasteiger partial charge in [0.2, 0.25) is 0 Å². The molecular formula is C2H2BrNZn-. The van der Waals surface area contributed by atoms with Crippen molar-refractivity contribution in [1.82, 2.24) is 5.41 Å². The maximum Gasteiger partial charge on any atom is 0.00353 e. The second-order valence-electron chi connectivity index (χ2n) is 0.158. The summed E-state index contributed by atoms with van der Waals surface area (Å²) in [6.07, 6.45) is 0. The summed E-state index contributed by atoms with van der Waals surface area (Å²) in [6.45, 7) is 2.79. The first-order chi connectivity index (χ1) is 1.41. The predicted octanol–water partition coefficient (Wildman–Crippen LogP) is -3.36. The Balaban J connectivity index is -0.0000000200. The van der Waals surface area contributed by atoms with Crippen molar-refractivity contribution in [3.05, 3.63) is 6.58 Å². The summed E-state index contributed by atoms with van der Waals surface area (Å²) in [6, 6.07) is 0. The molecular weight excluding hydrogens is 183 g/mol. The van der Waals surface area contributed by atoms with Crippen molar-refractivity contribution in [3.8, 4) is 0 Å². The molecule has 0 unspecified atom stereocenters. The molecule has 0 aromatic heterocycles. The molecule has 0 spiro atoms. The van der Waals surface area contributed by atoms with Gasteiger partial charge >= 0.3 is 0 Å². The van der Waals surface area contributed by atoms with Crippen LogP contribution < -0.4 is 22.4 Å². The molecule has 0 saturated carbocycles. The van der Waals surface area contributed by atoms with Gasteiger partial charge in [-0.2, -0.15) is 0 Å². The number of halogens is 1. The van der Waals surface area contributed by atoms with Gasteiger partial charge < -0.3 is 17.0 Å². The Kier molecular flexibility index (Phi) is 84.2. The molecule has 0 heterocycles. The normalized spacial score (nSPS) is 1.60. The average Bonchev–Trinajstić information content (AvgIpc) is 0.918. The third-order valence-electron chi connectivity index (χ3n) is 0. The van der Waals surface area contributed by atoms with E-state index < -0.39 is 0 Å². The van der Waals surface area contributed by atoms with Gasteiger partial charge in [0, 0.05) is 25.3 Å². The molecule has 0 aromatic rings. The van der Waals surface area contributed by atoms with Crippen LogP contribution in [0.5, 0.6) is 0 Å². The molecule has 5 heavy (non-hydrogen) atoms. The van der Waals surface area contributed by atoms with Crippen LogP contribution in [-0.2, 0) is 19.5 Å². The summed E-state index contributed by atoms with van der Waals surface area (Å²) in [5, 5.41) is 7.21. The first-order valence-electron chi connectivity index (χ1n) is 0.577. The molecule has 0 aliphatic heterocycles. The fourth-order valence-corrected chi connectivity index (χ4v) is 0. The molecule has 0 fully saturated rings. The van der Waals surface area contributed by atoms with Crippen LogP contribution in [-0.4, -0.2) is 5.87 Å². The summed E-state index contributed by atoms with van der Waals surface area (Å²) in [5.74, 6) is 1.50. The van der Waals surface area contributed by atoms with E-state index in [1.54, 1.807) is 0 Å². The van der Waals surface area contributed by atoms with Gasteiger partial charge in [-0.25, -0.2) is 0 Å². The predicted molar refractivity (Wildman–Crippen MR) is 12.8 cm³/mol. The summed E-state index contributed by atoms with van der Waals surface area (Å²) >= 11 is 0. The molecule has 0 aromatic carbocycles. The van der Waals surface area contributed by atoms with Gasteiger partial charge in [-0.3, -0.25) is 0 Å². The molecule has 0 aliphatic carbocycles. The van der Waals surface area contributed by atoms with Crippen LogP contribution in [0.15, 0.2) is 6.58 Å². The average molecular weight is 185 g/mol. The number of rotatable bonds is 0. The molecule has 0 rings (SSSR count). The third-order valence-corrected chi connectivity index (χ3v) is 0. The molecule has 1 nitrogen and oxygen atoms in total. The zero-order valence-corrected chi connectivity index (χ0v) is 7.29. The molecule has 25 valence electrons. The second-order valence-corrected chi connectivity index (χ2v) is 0.158. The van der Waals surface area contributed by atoms with Gasteiger partial charge in [0.15, 0.2) is 0 Å². The minimum atomic E-state index is 0. The molecule has 0 atom stereocenters. The van der Waals surface area contributed by atoms with E-state index in [1.807, 2.05) is 0 Å². The standard InChI is InChI=1S/C2H2N.BrH.Zn/c1-2-3;;/h1H2;1H;/p-1. The van der Waals surface area contributed by atoms with Gasteiger partial charge in [-0.15, -0.1) is 0 Å². The molecule has 0 saturated heterocycles. The Morgan fingerprint density at radius 1 is 1.60 bits per heavy atom. The van der Waals surface area contributed by atoms with E-state index >= 15 is 0 Å². The van der Waals surface area contributed by atoms with Crippen molar-refractivity contribution in [3.63, 3.8) is 0 Å². The van der Waals surface area contributed by atoms with Crippen LogP contribution in [0, 0.1) is 0 Å². The maximum absolute atomic E-state index is 7.21. The monoisotopic (exact) mass is 183 g/mol. The van der Waals surface area contributed by atoms with Gasteiger partial charge in [-0.1, -0.05) is 5.41 Å². The number of hydrogen-bond donors (Lipinski definition) is 0. The summed E-state index contributed by atoms with van der Waals surface area (Å²) in [5.41, 5.74) is 0. The van der Waals surface area contributed by atoms with Crippen LogP contribution >= 0.6 is 0 Å². The van der Waals surface area contributed by atoms with E-state index in [2.05, 4.69) is 6.58 Å². The molecule has 1 radical (unpaired) electrons. The van der Waals surface area contributed by atoms with Gasteiger partial charge in [-0.05, 0) is 6.58 Å². The Morgan fingerprint density at radius 3 is 1.60 bits per heavy atom. The molecule has 0 aliphatic rings. The van der Waals surface area contributed by atoms with Crippen molar-refractivity contribution in [1.29, 1.82) is 0 Å². The van der Waals surface area contributed by atoms with Crippen molar-refractivity contribution in [2.45, 2.75) is 0 Å². The molecule has 0 amide bonds.